The third kappa shape index (κ3) is 3.44. The lowest BCUT2D eigenvalue weighted by Crippen LogP contribution is -2.06. The van der Waals surface area contributed by atoms with Crippen LogP contribution in [-0.4, -0.2) is 12.1 Å². The molecular formula is C22H15Cl2NO2. The Morgan fingerprint density at radius 3 is 2.30 bits per heavy atom. The maximum absolute atomic E-state index is 12.3. The minimum absolute atomic E-state index is 0.199. The van der Waals surface area contributed by atoms with Crippen LogP contribution in [0.25, 0.3) is 33.2 Å². The first-order chi connectivity index (χ1) is 13.0. The minimum Gasteiger partial charge on any atom is -0.495 e. The van der Waals surface area contributed by atoms with Crippen molar-refractivity contribution in [2.24, 2.45) is 0 Å². The molecule has 0 unspecified atom stereocenters. The van der Waals surface area contributed by atoms with Crippen LogP contribution in [-0.2, 0) is 0 Å². The molecule has 0 aliphatic heterocycles. The molecule has 0 spiro atoms. The number of aromatic amines is 1. The van der Waals surface area contributed by atoms with Gasteiger partial charge >= 0.3 is 0 Å². The van der Waals surface area contributed by atoms with Crippen LogP contribution in [0, 0.1) is 0 Å². The fraction of sp³-hybridized carbons (Fsp3) is 0.0455. The van der Waals surface area contributed by atoms with Gasteiger partial charge in [0.05, 0.1) is 12.6 Å². The number of benzene rings is 3. The summed E-state index contributed by atoms with van der Waals surface area (Å²) in [7, 11) is 1.59. The molecule has 1 aromatic heterocycles. The van der Waals surface area contributed by atoms with E-state index >= 15 is 0 Å². The van der Waals surface area contributed by atoms with Gasteiger partial charge in [-0.05, 0) is 58.7 Å². The van der Waals surface area contributed by atoms with Crippen molar-refractivity contribution in [1.82, 2.24) is 4.98 Å². The average Bonchev–Trinajstić information content (AvgIpc) is 2.67. The number of nitrogens with one attached hydrogen (secondary N) is 1. The first-order valence-electron chi connectivity index (χ1n) is 8.32. The molecule has 0 radical (unpaired) electrons. The molecule has 4 rings (SSSR count). The average molecular weight is 396 g/mol. The molecular weight excluding hydrogens is 381 g/mol. The quantitative estimate of drug-likeness (QED) is 0.450. The summed E-state index contributed by atoms with van der Waals surface area (Å²) < 4.78 is 5.56. The molecule has 1 N–H and O–H groups in total. The van der Waals surface area contributed by atoms with Crippen molar-refractivity contribution in [2.45, 2.75) is 0 Å². The molecule has 5 heteroatoms. The highest BCUT2D eigenvalue weighted by Crippen LogP contribution is 2.36. The fourth-order valence-electron chi connectivity index (χ4n) is 3.19. The van der Waals surface area contributed by atoms with Crippen LogP contribution in [0.3, 0.4) is 0 Å². The van der Waals surface area contributed by atoms with Crippen LogP contribution in [0.1, 0.15) is 0 Å². The van der Waals surface area contributed by atoms with Crippen molar-refractivity contribution in [1.29, 1.82) is 0 Å². The number of H-pyrrole nitrogens is 1. The number of pyridine rings is 1. The predicted octanol–water partition coefficient (Wildman–Crippen LogP) is 6.18. The van der Waals surface area contributed by atoms with Gasteiger partial charge in [0, 0.05) is 21.5 Å². The SMILES string of the molecule is COc1cc(-c2ccc(Cl)cc2)cc2c(-c3cccc(Cl)c3)cc(=O)[nH]c12. The highest BCUT2D eigenvalue weighted by Gasteiger charge is 2.13. The van der Waals surface area contributed by atoms with E-state index in [1.54, 1.807) is 19.2 Å². The summed E-state index contributed by atoms with van der Waals surface area (Å²) in [5.74, 6) is 0.596. The Morgan fingerprint density at radius 1 is 0.815 bits per heavy atom. The number of hydrogen-bond acceptors (Lipinski definition) is 2. The lowest BCUT2D eigenvalue weighted by Gasteiger charge is -2.13. The maximum atomic E-state index is 12.3. The van der Waals surface area contributed by atoms with Crippen LogP contribution in [0.5, 0.6) is 5.75 Å². The number of aromatic nitrogens is 1. The molecule has 27 heavy (non-hydrogen) atoms. The number of halogens is 2. The van der Waals surface area contributed by atoms with Gasteiger partial charge in [0.25, 0.3) is 0 Å². The molecule has 0 amide bonds. The summed E-state index contributed by atoms with van der Waals surface area (Å²) in [5, 5.41) is 2.17. The Kier molecular flexibility index (Phi) is 4.65. The zero-order valence-corrected chi connectivity index (χ0v) is 15.9. The van der Waals surface area contributed by atoms with Gasteiger partial charge < -0.3 is 9.72 Å². The molecule has 3 nitrogen and oxygen atoms in total. The molecule has 0 aliphatic carbocycles. The summed E-state index contributed by atoms with van der Waals surface area (Å²) in [4.78, 5) is 15.2. The van der Waals surface area contributed by atoms with Gasteiger partial charge in [0.2, 0.25) is 5.56 Å². The second-order valence-corrected chi connectivity index (χ2v) is 7.04. The Hall–Kier alpha value is -2.75. The lowest BCUT2D eigenvalue weighted by atomic mass is 9.97. The normalized spacial score (nSPS) is 10.9. The Balaban J connectivity index is 2.05. The minimum atomic E-state index is -0.199. The molecule has 4 aromatic rings. The molecule has 134 valence electrons. The van der Waals surface area contributed by atoms with Crippen LogP contribution in [0.2, 0.25) is 10.0 Å². The standard InChI is InChI=1S/C22H15Cl2NO2/c1-27-20-11-15(13-5-7-16(23)8-6-13)10-19-18(12-21(26)25-22(19)20)14-3-2-4-17(24)9-14/h2-12H,1H3,(H,25,26). The van der Waals surface area contributed by atoms with Gasteiger partial charge in [-0.1, -0.05) is 47.5 Å². The molecule has 0 fully saturated rings. The fourth-order valence-corrected chi connectivity index (χ4v) is 3.51. The molecule has 0 saturated carbocycles. The van der Waals surface area contributed by atoms with Crippen LogP contribution in [0.15, 0.2) is 71.5 Å². The van der Waals surface area contributed by atoms with Crippen molar-refractivity contribution in [3.63, 3.8) is 0 Å². The van der Waals surface area contributed by atoms with Crippen LogP contribution < -0.4 is 10.3 Å². The molecule has 3 aromatic carbocycles. The summed E-state index contributed by atoms with van der Waals surface area (Å²) in [6, 6.07) is 20.6. The summed E-state index contributed by atoms with van der Waals surface area (Å²) in [6.45, 7) is 0. The zero-order chi connectivity index (χ0) is 19.0. The molecule has 0 saturated heterocycles. The second kappa shape index (κ2) is 7.10. The van der Waals surface area contributed by atoms with E-state index in [9.17, 15) is 4.79 Å². The Labute approximate surface area is 166 Å². The van der Waals surface area contributed by atoms with Gasteiger partial charge in [0.1, 0.15) is 5.75 Å². The second-order valence-electron chi connectivity index (χ2n) is 6.17. The number of methoxy groups -OCH3 is 1. The van der Waals surface area contributed by atoms with Crippen LogP contribution in [0.4, 0.5) is 0 Å². The first-order valence-corrected chi connectivity index (χ1v) is 9.08. The molecule has 0 atom stereocenters. The smallest absolute Gasteiger partial charge is 0.249 e. The van der Waals surface area contributed by atoms with Crippen molar-refractivity contribution in [3.8, 4) is 28.0 Å². The van der Waals surface area contributed by atoms with Gasteiger partial charge in [-0.15, -0.1) is 0 Å². The topological polar surface area (TPSA) is 42.1 Å². The zero-order valence-electron chi connectivity index (χ0n) is 14.4. The van der Waals surface area contributed by atoms with Gasteiger partial charge in [-0.2, -0.15) is 0 Å². The summed E-state index contributed by atoms with van der Waals surface area (Å²) >= 11 is 12.2. The van der Waals surface area contributed by atoms with E-state index in [0.29, 0.717) is 21.3 Å². The molecule has 0 bridgehead atoms. The summed E-state index contributed by atoms with van der Waals surface area (Å²) in [5.41, 5.74) is 4.08. The van der Waals surface area contributed by atoms with E-state index in [2.05, 4.69) is 4.98 Å². The molecule has 0 aliphatic rings. The van der Waals surface area contributed by atoms with Gasteiger partial charge in [-0.3, -0.25) is 4.79 Å². The van der Waals surface area contributed by atoms with E-state index < -0.39 is 0 Å². The number of hydrogen-bond donors (Lipinski definition) is 1. The third-order valence-electron chi connectivity index (χ3n) is 4.45. The highest BCUT2D eigenvalue weighted by molar-refractivity contribution is 6.31. The monoisotopic (exact) mass is 395 g/mol. The highest BCUT2D eigenvalue weighted by atomic mass is 35.5. The number of fused-ring (bicyclic) bond motifs is 1. The van der Waals surface area contributed by atoms with E-state index in [-0.39, 0.29) is 5.56 Å². The van der Waals surface area contributed by atoms with Gasteiger partial charge in [-0.25, -0.2) is 0 Å². The van der Waals surface area contributed by atoms with Crippen LogP contribution >= 0.6 is 23.2 Å². The maximum Gasteiger partial charge on any atom is 0.249 e. The molecule has 1 heterocycles. The largest absolute Gasteiger partial charge is 0.495 e. The van der Waals surface area contributed by atoms with E-state index in [4.69, 9.17) is 27.9 Å². The Morgan fingerprint density at radius 2 is 1.59 bits per heavy atom. The van der Waals surface area contributed by atoms with Crippen molar-refractivity contribution in [2.75, 3.05) is 7.11 Å². The van der Waals surface area contributed by atoms with E-state index in [1.165, 1.54) is 0 Å². The number of ether oxygens (including phenoxy) is 1. The lowest BCUT2D eigenvalue weighted by molar-refractivity contribution is 0.419. The van der Waals surface area contributed by atoms with E-state index in [0.717, 1.165) is 27.6 Å². The van der Waals surface area contributed by atoms with Gasteiger partial charge in [0.15, 0.2) is 0 Å². The van der Waals surface area contributed by atoms with Crippen molar-refractivity contribution in [3.05, 3.63) is 87.1 Å². The predicted molar refractivity (Wildman–Crippen MR) is 112 cm³/mol. The van der Waals surface area contributed by atoms with E-state index in [1.807, 2.05) is 54.6 Å². The first kappa shape index (κ1) is 17.7. The van der Waals surface area contributed by atoms with Crippen molar-refractivity contribution >= 4 is 34.1 Å². The van der Waals surface area contributed by atoms with Crippen molar-refractivity contribution < 1.29 is 4.74 Å². The Bertz CT molecular complexity index is 1200. The number of rotatable bonds is 3. The third-order valence-corrected chi connectivity index (χ3v) is 4.94. The summed E-state index contributed by atoms with van der Waals surface area (Å²) in [6.07, 6.45) is 0.